The number of hydrogen-bond donors (Lipinski definition) is 0. The van der Waals surface area contributed by atoms with Crippen molar-refractivity contribution in [3.8, 4) is 11.8 Å². The minimum Gasteiger partial charge on any atom is -0.496 e. The summed E-state index contributed by atoms with van der Waals surface area (Å²) in [6, 6.07) is 7.17. The molecule has 66 valence electrons. The van der Waals surface area contributed by atoms with Crippen molar-refractivity contribution in [1.29, 1.82) is 5.26 Å². The number of allylic oxidation sites excluding steroid dienone is 1. The number of nitrogens with zero attached hydrogens (tertiary/aromatic N) is 1. The van der Waals surface area contributed by atoms with Crippen LogP contribution in [0.25, 0.3) is 6.08 Å². The van der Waals surface area contributed by atoms with Crippen molar-refractivity contribution >= 4 is 17.7 Å². The van der Waals surface area contributed by atoms with Gasteiger partial charge >= 0.3 is 0 Å². The van der Waals surface area contributed by atoms with E-state index in [4.69, 9.17) is 21.6 Å². The first-order chi connectivity index (χ1) is 6.27. The Morgan fingerprint density at radius 2 is 2.31 bits per heavy atom. The minimum atomic E-state index is 0.617. The minimum absolute atomic E-state index is 0.617. The van der Waals surface area contributed by atoms with Gasteiger partial charge in [-0.1, -0.05) is 11.6 Å². The van der Waals surface area contributed by atoms with Crippen LogP contribution in [-0.2, 0) is 0 Å². The van der Waals surface area contributed by atoms with E-state index in [-0.39, 0.29) is 0 Å². The Labute approximate surface area is 82.0 Å². The molecule has 13 heavy (non-hydrogen) atoms. The third kappa shape index (κ3) is 2.50. The van der Waals surface area contributed by atoms with Crippen molar-refractivity contribution in [2.24, 2.45) is 0 Å². The molecule has 0 amide bonds. The molecule has 0 heterocycles. The summed E-state index contributed by atoms with van der Waals surface area (Å²) in [5.41, 5.74) is 0.841. The van der Waals surface area contributed by atoms with Crippen LogP contribution in [0.2, 0.25) is 5.02 Å². The standard InChI is InChI=1S/C10H8ClNO/c1-13-10-7-9(11)5-4-8(10)3-2-6-12/h2-5,7H,1H3. The SMILES string of the molecule is COc1cc(Cl)ccc1C=CC#N. The second kappa shape index (κ2) is 4.54. The Hall–Kier alpha value is -1.46. The van der Waals surface area contributed by atoms with Crippen LogP contribution in [0.5, 0.6) is 5.75 Å². The van der Waals surface area contributed by atoms with Gasteiger partial charge in [0, 0.05) is 16.7 Å². The lowest BCUT2D eigenvalue weighted by Gasteiger charge is -2.03. The molecule has 0 aliphatic rings. The number of nitriles is 1. The highest BCUT2D eigenvalue weighted by atomic mass is 35.5. The van der Waals surface area contributed by atoms with Crippen molar-refractivity contribution in [1.82, 2.24) is 0 Å². The molecular formula is C10H8ClNO. The zero-order valence-electron chi connectivity index (χ0n) is 7.12. The summed E-state index contributed by atoms with van der Waals surface area (Å²) in [7, 11) is 1.56. The van der Waals surface area contributed by atoms with E-state index in [9.17, 15) is 0 Å². The van der Waals surface area contributed by atoms with Crippen LogP contribution in [0.4, 0.5) is 0 Å². The molecule has 1 rings (SSSR count). The van der Waals surface area contributed by atoms with Crippen molar-refractivity contribution in [2.45, 2.75) is 0 Å². The van der Waals surface area contributed by atoms with Gasteiger partial charge in [-0.25, -0.2) is 0 Å². The molecular weight excluding hydrogens is 186 g/mol. The second-order valence-electron chi connectivity index (χ2n) is 2.35. The van der Waals surface area contributed by atoms with E-state index in [1.54, 1.807) is 31.4 Å². The van der Waals surface area contributed by atoms with Gasteiger partial charge in [-0.3, -0.25) is 0 Å². The maximum atomic E-state index is 8.34. The summed E-state index contributed by atoms with van der Waals surface area (Å²) in [4.78, 5) is 0. The topological polar surface area (TPSA) is 33.0 Å². The number of benzene rings is 1. The first-order valence-corrected chi connectivity index (χ1v) is 4.05. The molecule has 0 spiro atoms. The summed E-state index contributed by atoms with van der Waals surface area (Å²) in [6.07, 6.45) is 3.07. The Balaban J connectivity index is 3.07. The van der Waals surface area contributed by atoms with Crippen LogP contribution >= 0.6 is 11.6 Å². The van der Waals surface area contributed by atoms with Crippen molar-refractivity contribution in [3.63, 3.8) is 0 Å². The third-order valence-corrected chi connectivity index (χ3v) is 1.77. The Morgan fingerprint density at radius 3 is 2.92 bits per heavy atom. The lowest BCUT2D eigenvalue weighted by molar-refractivity contribution is 0.414. The molecule has 0 radical (unpaired) electrons. The van der Waals surface area contributed by atoms with Gasteiger partial charge in [0.25, 0.3) is 0 Å². The number of rotatable bonds is 2. The molecule has 0 bridgehead atoms. The van der Waals surface area contributed by atoms with Crippen LogP contribution in [0, 0.1) is 11.3 Å². The molecule has 0 aliphatic carbocycles. The van der Waals surface area contributed by atoms with Gasteiger partial charge in [0.1, 0.15) is 5.75 Å². The Morgan fingerprint density at radius 1 is 1.54 bits per heavy atom. The van der Waals surface area contributed by atoms with Crippen LogP contribution in [0.3, 0.4) is 0 Å². The van der Waals surface area contributed by atoms with Crippen molar-refractivity contribution in [3.05, 3.63) is 34.9 Å². The average molecular weight is 194 g/mol. The highest BCUT2D eigenvalue weighted by Gasteiger charge is 1.99. The third-order valence-electron chi connectivity index (χ3n) is 1.53. The molecule has 1 aromatic rings. The molecule has 0 aliphatic heterocycles. The molecule has 0 saturated carbocycles. The van der Waals surface area contributed by atoms with E-state index in [1.165, 1.54) is 6.08 Å². The number of hydrogen-bond acceptors (Lipinski definition) is 2. The Kier molecular flexibility index (Phi) is 3.36. The van der Waals surface area contributed by atoms with Crippen LogP contribution < -0.4 is 4.74 Å². The quantitative estimate of drug-likeness (QED) is 0.677. The highest BCUT2D eigenvalue weighted by Crippen LogP contribution is 2.23. The summed E-state index contributed by atoms with van der Waals surface area (Å²) in [6.45, 7) is 0. The second-order valence-corrected chi connectivity index (χ2v) is 2.79. The lowest BCUT2D eigenvalue weighted by Crippen LogP contribution is -1.86. The van der Waals surface area contributed by atoms with Crippen molar-refractivity contribution in [2.75, 3.05) is 7.11 Å². The Bertz CT molecular complexity index is 366. The fourth-order valence-electron chi connectivity index (χ4n) is 0.950. The van der Waals surface area contributed by atoms with E-state index < -0.39 is 0 Å². The highest BCUT2D eigenvalue weighted by molar-refractivity contribution is 6.30. The van der Waals surface area contributed by atoms with Crippen LogP contribution in [0.15, 0.2) is 24.3 Å². The van der Waals surface area contributed by atoms with Gasteiger partial charge in [-0.05, 0) is 24.3 Å². The molecule has 2 nitrogen and oxygen atoms in total. The normalized spacial score (nSPS) is 9.92. The van der Waals surface area contributed by atoms with Gasteiger partial charge in [0.05, 0.1) is 13.2 Å². The molecule has 0 atom stereocenters. The average Bonchev–Trinajstić information content (AvgIpc) is 2.16. The maximum Gasteiger partial charge on any atom is 0.127 e. The van der Waals surface area contributed by atoms with E-state index in [2.05, 4.69) is 0 Å². The molecule has 0 saturated heterocycles. The zero-order chi connectivity index (χ0) is 9.68. The van der Waals surface area contributed by atoms with Gasteiger partial charge < -0.3 is 4.74 Å². The largest absolute Gasteiger partial charge is 0.496 e. The number of ether oxygens (including phenoxy) is 1. The zero-order valence-corrected chi connectivity index (χ0v) is 7.88. The van der Waals surface area contributed by atoms with Gasteiger partial charge in [0.2, 0.25) is 0 Å². The smallest absolute Gasteiger partial charge is 0.127 e. The lowest BCUT2D eigenvalue weighted by atomic mass is 10.2. The maximum absolute atomic E-state index is 8.34. The first kappa shape index (κ1) is 9.63. The summed E-state index contributed by atoms with van der Waals surface area (Å²) in [5, 5.41) is 8.96. The number of methoxy groups -OCH3 is 1. The van der Waals surface area contributed by atoms with E-state index >= 15 is 0 Å². The summed E-state index contributed by atoms with van der Waals surface area (Å²) in [5.74, 6) is 0.666. The van der Waals surface area contributed by atoms with Gasteiger partial charge in [0.15, 0.2) is 0 Å². The molecule has 0 aromatic heterocycles. The molecule has 3 heteroatoms. The summed E-state index contributed by atoms with van der Waals surface area (Å²) >= 11 is 5.76. The van der Waals surface area contributed by atoms with Gasteiger partial charge in [-0.15, -0.1) is 0 Å². The van der Waals surface area contributed by atoms with E-state index in [1.807, 2.05) is 6.07 Å². The van der Waals surface area contributed by atoms with Crippen molar-refractivity contribution < 1.29 is 4.74 Å². The monoisotopic (exact) mass is 193 g/mol. The molecule has 1 aromatic carbocycles. The van der Waals surface area contributed by atoms with E-state index in [0.29, 0.717) is 10.8 Å². The van der Waals surface area contributed by atoms with Crippen LogP contribution in [0.1, 0.15) is 5.56 Å². The summed E-state index contributed by atoms with van der Waals surface area (Å²) < 4.78 is 5.08. The fraction of sp³-hybridized carbons (Fsp3) is 0.100. The first-order valence-electron chi connectivity index (χ1n) is 3.67. The molecule has 0 fully saturated rings. The van der Waals surface area contributed by atoms with Gasteiger partial charge in [-0.2, -0.15) is 5.26 Å². The molecule has 0 unspecified atom stereocenters. The predicted molar refractivity (Wildman–Crippen MR) is 52.7 cm³/mol. The number of halogens is 1. The van der Waals surface area contributed by atoms with Crippen LogP contribution in [-0.4, -0.2) is 7.11 Å². The fourth-order valence-corrected chi connectivity index (χ4v) is 1.11. The predicted octanol–water partition coefficient (Wildman–Crippen LogP) is 2.89. The molecule has 0 N–H and O–H groups in total. The van der Waals surface area contributed by atoms with E-state index in [0.717, 1.165) is 5.56 Å².